The van der Waals surface area contributed by atoms with Gasteiger partial charge in [-0.25, -0.2) is 0 Å². The lowest BCUT2D eigenvalue weighted by molar-refractivity contribution is 0.0947. The number of carbonyl (C=O) groups excluding carboxylic acids is 2. The van der Waals surface area contributed by atoms with Crippen LogP contribution in [0.1, 0.15) is 32.7 Å². The molecular formula is C21H27N3O3. The summed E-state index contributed by atoms with van der Waals surface area (Å²) in [7, 11) is 5.38. The highest BCUT2D eigenvalue weighted by Gasteiger charge is 2.15. The second-order valence-corrected chi connectivity index (χ2v) is 6.55. The third kappa shape index (κ3) is 5.82. The molecule has 2 aromatic carbocycles. The Bertz CT molecular complexity index is 786. The number of ether oxygens (including phenoxy) is 1. The van der Waals surface area contributed by atoms with Gasteiger partial charge in [-0.05, 0) is 43.7 Å². The van der Waals surface area contributed by atoms with E-state index in [9.17, 15) is 9.59 Å². The lowest BCUT2D eigenvalue weighted by atomic mass is 10.1. The molecule has 0 aromatic heterocycles. The minimum Gasteiger partial charge on any atom is -0.385 e. The topological polar surface area (TPSA) is 70.7 Å². The summed E-state index contributed by atoms with van der Waals surface area (Å²) in [6.07, 6.45) is 0.739. The zero-order chi connectivity index (χ0) is 19.8. The van der Waals surface area contributed by atoms with Crippen LogP contribution in [0, 0.1) is 6.92 Å². The monoisotopic (exact) mass is 369 g/mol. The van der Waals surface area contributed by atoms with Gasteiger partial charge in [-0.2, -0.15) is 0 Å². The number of rotatable bonds is 8. The van der Waals surface area contributed by atoms with Crippen molar-refractivity contribution < 1.29 is 14.3 Å². The van der Waals surface area contributed by atoms with E-state index in [1.165, 1.54) is 0 Å². The van der Waals surface area contributed by atoms with Gasteiger partial charge in [0.2, 0.25) is 0 Å². The molecule has 0 bridgehead atoms. The first-order valence-corrected chi connectivity index (χ1v) is 8.89. The average molecular weight is 369 g/mol. The number of nitrogens with one attached hydrogen (secondary N) is 2. The van der Waals surface area contributed by atoms with Gasteiger partial charge in [0.15, 0.2) is 0 Å². The predicted molar refractivity (Wildman–Crippen MR) is 109 cm³/mol. The summed E-state index contributed by atoms with van der Waals surface area (Å²) in [4.78, 5) is 26.9. The van der Waals surface area contributed by atoms with E-state index in [-0.39, 0.29) is 11.8 Å². The number of carbonyl (C=O) groups is 2. The molecule has 0 aliphatic heterocycles. The first kappa shape index (κ1) is 20.5. The van der Waals surface area contributed by atoms with Crippen LogP contribution in [0.3, 0.4) is 0 Å². The highest BCUT2D eigenvalue weighted by Crippen LogP contribution is 2.23. The standard InChI is InChI=1S/C21H27N3O3/c1-15-6-8-16(9-7-15)20(25)23-17-10-11-19(24(2)3)18(14-17)21(26)22-12-5-13-27-4/h6-11,14H,5,12-13H2,1-4H3,(H,22,26)(H,23,25). The molecule has 0 fully saturated rings. The van der Waals surface area contributed by atoms with Crippen molar-refractivity contribution in [2.45, 2.75) is 13.3 Å². The van der Waals surface area contributed by atoms with Gasteiger partial charge in [0.05, 0.1) is 5.56 Å². The summed E-state index contributed by atoms with van der Waals surface area (Å²) in [5.41, 5.74) is 3.54. The molecule has 27 heavy (non-hydrogen) atoms. The molecule has 6 nitrogen and oxygen atoms in total. The molecule has 0 radical (unpaired) electrons. The summed E-state index contributed by atoms with van der Waals surface area (Å²) in [6.45, 7) is 3.09. The molecule has 0 unspecified atom stereocenters. The van der Waals surface area contributed by atoms with E-state index in [0.717, 1.165) is 17.7 Å². The number of amides is 2. The lowest BCUT2D eigenvalue weighted by Gasteiger charge is -2.18. The largest absolute Gasteiger partial charge is 0.385 e. The van der Waals surface area contributed by atoms with E-state index in [4.69, 9.17) is 4.74 Å². The van der Waals surface area contributed by atoms with Crippen LogP contribution in [0.2, 0.25) is 0 Å². The molecule has 2 aromatic rings. The maximum atomic E-state index is 12.6. The van der Waals surface area contributed by atoms with Gasteiger partial charge in [-0.3, -0.25) is 9.59 Å². The van der Waals surface area contributed by atoms with Crippen LogP contribution in [0.4, 0.5) is 11.4 Å². The minimum atomic E-state index is -0.209. The molecule has 2 amide bonds. The highest BCUT2D eigenvalue weighted by molar-refractivity contribution is 6.06. The summed E-state index contributed by atoms with van der Waals surface area (Å²) in [5, 5.41) is 5.75. The fourth-order valence-electron chi connectivity index (χ4n) is 2.61. The van der Waals surface area contributed by atoms with E-state index in [1.807, 2.05) is 44.1 Å². The number of hydrogen-bond donors (Lipinski definition) is 2. The van der Waals surface area contributed by atoms with Crippen molar-refractivity contribution in [3.8, 4) is 0 Å². The fraction of sp³-hybridized carbons (Fsp3) is 0.333. The number of benzene rings is 2. The first-order chi connectivity index (χ1) is 12.9. The van der Waals surface area contributed by atoms with E-state index in [2.05, 4.69) is 10.6 Å². The van der Waals surface area contributed by atoms with E-state index < -0.39 is 0 Å². The maximum absolute atomic E-state index is 12.6. The van der Waals surface area contributed by atoms with Crippen LogP contribution in [-0.2, 0) is 4.74 Å². The van der Waals surface area contributed by atoms with Gasteiger partial charge < -0.3 is 20.3 Å². The first-order valence-electron chi connectivity index (χ1n) is 8.89. The predicted octanol–water partition coefficient (Wildman–Crippen LogP) is 3.08. The average Bonchev–Trinajstić information content (AvgIpc) is 2.65. The second kappa shape index (κ2) is 9.73. The molecule has 0 spiro atoms. The van der Waals surface area contributed by atoms with Gasteiger partial charge in [-0.15, -0.1) is 0 Å². The summed E-state index contributed by atoms with van der Waals surface area (Å²) >= 11 is 0. The highest BCUT2D eigenvalue weighted by atomic mass is 16.5. The number of nitrogens with zero attached hydrogens (tertiary/aromatic N) is 1. The number of aryl methyl sites for hydroxylation is 1. The normalized spacial score (nSPS) is 10.4. The number of methoxy groups -OCH3 is 1. The Morgan fingerprint density at radius 3 is 2.37 bits per heavy atom. The number of anilines is 2. The van der Waals surface area contributed by atoms with Crippen molar-refractivity contribution in [3.63, 3.8) is 0 Å². The Labute approximate surface area is 160 Å². The van der Waals surface area contributed by atoms with Crippen LogP contribution >= 0.6 is 0 Å². The van der Waals surface area contributed by atoms with E-state index in [0.29, 0.717) is 30.0 Å². The quantitative estimate of drug-likeness (QED) is 0.702. The second-order valence-electron chi connectivity index (χ2n) is 6.55. The van der Waals surface area contributed by atoms with Gasteiger partial charge in [0.1, 0.15) is 0 Å². The van der Waals surface area contributed by atoms with Gasteiger partial charge in [0, 0.05) is 51.3 Å². The van der Waals surface area contributed by atoms with Crippen LogP contribution in [0.15, 0.2) is 42.5 Å². The molecule has 0 aliphatic rings. The number of hydrogen-bond acceptors (Lipinski definition) is 4. The Kier molecular flexibility index (Phi) is 7.37. The Morgan fingerprint density at radius 2 is 1.74 bits per heavy atom. The van der Waals surface area contributed by atoms with Crippen LogP contribution in [0.25, 0.3) is 0 Å². The van der Waals surface area contributed by atoms with Crippen molar-refractivity contribution in [2.24, 2.45) is 0 Å². The third-order valence-electron chi connectivity index (χ3n) is 4.11. The Hall–Kier alpha value is -2.86. The molecule has 6 heteroatoms. The van der Waals surface area contributed by atoms with Crippen molar-refractivity contribution in [2.75, 3.05) is 44.6 Å². The van der Waals surface area contributed by atoms with Gasteiger partial charge in [0.25, 0.3) is 11.8 Å². The summed E-state index contributed by atoms with van der Waals surface area (Å²) in [6, 6.07) is 12.7. The maximum Gasteiger partial charge on any atom is 0.255 e. The van der Waals surface area contributed by atoms with Gasteiger partial charge >= 0.3 is 0 Å². The van der Waals surface area contributed by atoms with Gasteiger partial charge in [-0.1, -0.05) is 17.7 Å². The molecule has 0 atom stereocenters. The van der Waals surface area contributed by atoms with Crippen molar-refractivity contribution in [3.05, 3.63) is 59.2 Å². The summed E-state index contributed by atoms with van der Waals surface area (Å²) < 4.78 is 5.00. The molecule has 2 rings (SSSR count). The molecule has 2 N–H and O–H groups in total. The SMILES string of the molecule is COCCCNC(=O)c1cc(NC(=O)c2ccc(C)cc2)ccc1N(C)C. The third-order valence-corrected chi connectivity index (χ3v) is 4.11. The minimum absolute atomic E-state index is 0.179. The van der Waals surface area contributed by atoms with Crippen molar-refractivity contribution >= 4 is 23.2 Å². The van der Waals surface area contributed by atoms with Crippen LogP contribution in [-0.4, -0.2) is 46.2 Å². The van der Waals surface area contributed by atoms with E-state index in [1.54, 1.807) is 31.4 Å². The molecular weight excluding hydrogens is 342 g/mol. The fourth-order valence-corrected chi connectivity index (χ4v) is 2.61. The smallest absolute Gasteiger partial charge is 0.255 e. The molecule has 0 saturated carbocycles. The lowest BCUT2D eigenvalue weighted by Crippen LogP contribution is -2.27. The van der Waals surface area contributed by atoms with Crippen molar-refractivity contribution in [1.29, 1.82) is 0 Å². The molecule has 0 heterocycles. The molecule has 144 valence electrons. The van der Waals surface area contributed by atoms with Crippen LogP contribution in [0.5, 0.6) is 0 Å². The Balaban J connectivity index is 2.16. The Morgan fingerprint density at radius 1 is 1.04 bits per heavy atom. The zero-order valence-electron chi connectivity index (χ0n) is 16.3. The molecule has 0 saturated heterocycles. The zero-order valence-corrected chi connectivity index (χ0v) is 16.3. The molecule has 0 aliphatic carbocycles. The van der Waals surface area contributed by atoms with Crippen molar-refractivity contribution in [1.82, 2.24) is 5.32 Å². The van der Waals surface area contributed by atoms with E-state index >= 15 is 0 Å². The summed E-state index contributed by atoms with van der Waals surface area (Å²) in [5.74, 6) is -0.389. The van der Waals surface area contributed by atoms with Crippen LogP contribution < -0.4 is 15.5 Å².